The molecule has 0 radical (unpaired) electrons. The van der Waals surface area contributed by atoms with Crippen LogP contribution >= 0.6 is 0 Å². The molecule has 0 spiro atoms. The lowest BCUT2D eigenvalue weighted by molar-refractivity contribution is 0.442. The van der Waals surface area contributed by atoms with Gasteiger partial charge < -0.3 is 0 Å². The molecule has 132 valence electrons. The fourth-order valence-electron chi connectivity index (χ4n) is 3.25. The number of sulfonamides is 1. The number of hydrogen-bond donors (Lipinski definition) is 0. The monoisotopic (exact) mass is 368 g/mol. The first-order chi connectivity index (χ1) is 12.6. The maximum Gasteiger partial charge on any atom is 0.243 e. The van der Waals surface area contributed by atoms with Gasteiger partial charge in [0.1, 0.15) is 5.82 Å². The van der Waals surface area contributed by atoms with E-state index in [0.29, 0.717) is 29.8 Å². The highest BCUT2D eigenvalue weighted by Gasteiger charge is 2.27. The molecule has 0 saturated carbocycles. The van der Waals surface area contributed by atoms with Crippen LogP contribution in [0, 0.1) is 5.82 Å². The molecule has 0 aliphatic carbocycles. The van der Waals surface area contributed by atoms with E-state index in [0.717, 1.165) is 16.5 Å². The minimum atomic E-state index is -3.60. The van der Waals surface area contributed by atoms with Gasteiger partial charge in [-0.15, -0.1) is 0 Å². The molecular weight excluding hydrogens is 351 g/mol. The van der Waals surface area contributed by atoms with E-state index >= 15 is 0 Å². The van der Waals surface area contributed by atoms with Gasteiger partial charge in [0.15, 0.2) is 0 Å². The standard InChI is InChI=1S/C20H17FN2O2S/c21-18-6-4-15(5-7-18)16-9-12-23(13-10-16)26(24,25)20-3-1-2-17-14-22-11-8-19(17)20/h1-9,11,14H,10,12-13H2. The molecule has 0 fully saturated rings. The topological polar surface area (TPSA) is 50.3 Å². The van der Waals surface area contributed by atoms with Crippen LogP contribution in [0.15, 0.2) is 71.9 Å². The molecule has 0 saturated heterocycles. The number of rotatable bonds is 3. The number of halogens is 1. The first-order valence-corrected chi connectivity index (χ1v) is 9.77. The van der Waals surface area contributed by atoms with Gasteiger partial charge in [0.05, 0.1) is 4.90 Å². The molecule has 4 nitrogen and oxygen atoms in total. The molecule has 2 aromatic carbocycles. The summed E-state index contributed by atoms with van der Waals surface area (Å²) in [6.07, 6.45) is 5.76. The van der Waals surface area contributed by atoms with Gasteiger partial charge in [-0.05, 0) is 41.8 Å². The van der Waals surface area contributed by atoms with Crippen LogP contribution in [-0.4, -0.2) is 30.8 Å². The summed E-state index contributed by atoms with van der Waals surface area (Å²) in [5.41, 5.74) is 1.97. The van der Waals surface area contributed by atoms with Crippen molar-refractivity contribution in [3.05, 3.63) is 78.4 Å². The molecule has 26 heavy (non-hydrogen) atoms. The Labute approximate surface area is 151 Å². The summed E-state index contributed by atoms with van der Waals surface area (Å²) in [6, 6.07) is 13.2. The third kappa shape index (κ3) is 3.02. The van der Waals surface area contributed by atoms with Crippen LogP contribution in [0.4, 0.5) is 4.39 Å². The SMILES string of the molecule is O=S(=O)(c1cccc2cnccc12)N1CC=C(c2ccc(F)cc2)CC1. The molecule has 2 heterocycles. The smallest absolute Gasteiger partial charge is 0.243 e. The van der Waals surface area contributed by atoms with Crippen molar-refractivity contribution in [3.63, 3.8) is 0 Å². The number of hydrogen-bond acceptors (Lipinski definition) is 3. The van der Waals surface area contributed by atoms with E-state index in [1.165, 1.54) is 16.4 Å². The van der Waals surface area contributed by atoms with E-state index in [9.17, 15) is 12.8 Å². The molecule has 0 atom stereocenters. The van der Waals surface area contributed by atoms with E-state index in [1.54, 1.807) is 42.7 Å². The van der Waals surface area contributed by atoms with E-state index in [4.69, 9.17) is 0 Å². The summed E-state index contributed by atoms with van der Waals surface area (Å²) in [5.74, 6) is -0.278. The van der Waals surface area contributed by atoms with E-state index in [-0.39, 0.29) is 5.82 Å². The van der Waals surface area contributed by atoms with Gasteiger partial charge >= 0.3 is 0 Å². The molecule has 0 unspecified atom stereocenters. The number of benzene rings is 2. The predicted molar refractivity (Wildman–Crippen MR) is 99.5 cm³/mol. The largest absolute Gasteiger partial charge is 0.264 e. The van der Waals surface area contributed by atoms with Crippen molar-refractivity contribution in [2.75, 3.05) is 13.1 Å². The van der Waals surface area contributed by atoms with E-state index in [2.05, 4.69) is 4.98 Å². The summed E-state index contributed by atoms with van der Waals surface area (Å²) >= 11 is 0. The molecule has 1 aliphatic rings. The van der Waals surface area contributed by atoms with Crippen molar-refractivity contribution in [1.29, 1.82) is 0 Å². The number of fused-ring (bicyclic) bond motifs is 1. The summed E-state index contributed by atoms with van der Waals surface area (Å²) < 4.78 is 40.8. The Balaban J connectivity index is 1.65. The van der Waals surface area contributed by atoms with Crippen molar-refractivity contribution >= 4 is 26.4 Å². The Morgan fingerprint density at radius 2 is 1.85 bits per heavy atom. The highest BCUT2D eigenvalue weighted by Crippen LogP contribution is 2.29. The first-order valence-electron chi connectivity index (χ1n) is 8.33. The van der Waals surface area contributed by atoms with Crippen LogP contribution in [0.25, 0.3) is 16.3 Å². The third-order valence-electron chi connectivity index (χ3n) is 4.65. The van der Waals surface area contributed by atoms with Crippen LogP contribution in [0.1, 0.15) is 12.0 Å². The Kier molecular flexibility index (Phi) is 4.30. The van der Waals surface area contributed by atoms with Gasteiger partial charge in [-0.1, -0.05) is 30.3 Å². The second-order valence-electron chi connectivity index (χ2n) is 6.20. The van der Waals surface area contributed by atoms with Gasteiger partial charge in [0, 0.05) is 36.3 Å². The minimum absolute atomic E-state index is 0.278. The molecule has 6 heteroatoms. The lowest BCUT2D eigenvalue weighted by atomic mass is 10.0. The Morgan fingerprint density at radius 3 is 2.58 bits per heavy atom. The highest BCUT2D eigenvalue weighted by molar-refractivity contribution is 7.89. The Bertz CT molecular complexity index is 1090. The molecule has 1 aromatic heterocycles. The van der Waals surface area contributed by atoms with Gasteiger partial charge in [-0.2, -0.15) is 4.31 Å². The highest BCUT2D eigenvalue weighted by atomic mass is 32.2. The third-order valence-corrected chi connectivity index (χ3v) is 6.57. The van der Waals surface area contributed by atoms with Gasteiger partial charge in [0.25, 0.3) is 0 Å². The molecular formula is C20H17FN2O2S. The van der Waals surface area contributed by atoms with Crippen LogP contribution in [0.3, 0.4) is 0 Å². The normalized spacial score (nSPS) is 15.8. The van der Waals surface area contributed by atoms with Crippen LogP contribution in [0.2, 0.25) is 0 Å². The maximum atomic E-state index is 13.1. The zero-order valence-electron chi connectivity index (χ0n) is 14.0. The zero-order valence-corrected chi connectivity index (χ0v) is 14.8. The average Bonchev–Trinajstić information content (AvgIpc) is 2.68. The average molecular weight is 368 g/mol. The summed E-state index contributed by atoms with van der Waals surface area (Å²) in [7, 11) is -3.60. The number of pyridine rings is 1. The van der Waals surface area contributed by atoms with E-state index < -0.39 is 10.0 Å². The second-order valence-corrected chi connectivity index (χ2v) is 8.11. The summed E-state index contributed by atoms with van der Waals surface area (Å²) in [5, 5.41) is 1.48. The fraction of sp³-hybridized carbons (Fsp3) is 0.150. The molecule has 0 bridgehead atoms. The Hall–Kier alpha value is -2.57. The summed E-state index contributed by atoms with van der Waals surface area (Å²) in [4.78, 5) is 4.36. The molecule has 0 N–H and O–H groups in total. The van der Waals surface area contributed by atoms with Crippen LogP contribution in [0.5, 0.6) is 0 Å². The maximum absolute atomic E-state index is 13.1. The van der Waals surface area contributed by atoms with E-state index in [1.807, 2.05) is 12.1 Å². The molecule has 1 aliphatic heterocycles. The molecule has 4 rings (SSSR count). The second kappa shape index (κ2) is 6.63. The molecule has 0 amide bonds. The van der Waals surface area contributed by atoms with Gasteiger partial charge in [0.2, 0.25) is 10.0 Å². The number of nitrogens with zero attached hydrogens (tertiary/aromatic N) is 2. The zero-order chi connectivity index (χ0) is 18.1. The fourth-order valence-corrected chi connectivity index (χ4v) is 4.85. The van der Waals surface area contributed by atoms with Crippen LogP contribution < -0.4 is 0 Å². The van der Waals surface area contributed by atoms with Crippen molar-refractivity contribution in [3.8, 4) is 0 Å². The summed E-state index contributed by atoms with van der Waals surface area (Å²) in [6.45, 7) is 0.698. The molecule has 3 aromatic rings. The van der Waals surface area contributed by atoms with Crippen LogP contribution in [-0.2, 0) is 10.0 Å². The lowest BCUT2D eigenvalue weighted by Gasteiger charge is -2.26. The van der Waals surface area contributed by atoms with Crippen molar-refractivity contribution in [2.24, 2.45) is 0 Å². The van der Waals surface area contributed by atoms with Gasteiger partial charge in [-0.25, -0.2) is 12.8 Å². The number of aromatic nitrogens is 1. The predicted octanol–water partition coefficient (Wildman–Crippen LogP) is 3.85. The van der Waals surface area contributed by atoms with Crippen molar-refractivity contribution in [2.45, 2.75) is 11.3 Å². The van der Waals surface area contributed by atoms with Crippen molar-refractivity contribution < 1.29 is 12.8 Å². The van der Waals surface area contributed by atoms with Crippen molar-refractivity contribution in [1.82, 2.24) is 9.29 Å². The Morgan fingerprint density at radius 1 is 1.04 bits per heavy atom. The van der Waals surface area contributed by atoms with Gasteiger partial charge in [-0.3, -0.25) is 4.98 Å². The minimum Gasteiger partial charge on any atom is -0.264 e. The lowest BCUT2D eigenvalue weighted by Crippen LogP contribution is -2.34. The quantitative estimate of drug-likeness (QED) is 0.706. The first kappa shape index (κ1) is 16.9.